The number of fused-ring (bicyclic) bond motifs is 1. The van der Waals surface area contributed by atoms with Crippen LogP contribution in [-0.4, -0.2) is 24.4 Å². The summed E-state index contributed by atoms with van der Waals surface area (Å²) in [6, 6.07) is 7.69. The fourth-order valence-electron chi connectivity index (χ4n) is 3.19. The molecule has 3 rings (SSSR count). The summed E-state index contributed by atoms with van der Waals surface area (Å²) in [6.45, 7) is 1.26. The maximum atomic E-state index is 12.3. The van der Waals surface area contributed by atoms with Gasteiger partial charge in [0.2, 0.25) is 5.91 Å². The monoisotopic (exact) mass is 407 g/mol. The zero-order chi connectivity index (χ0) is 18.7. The first-order valence-electron chi connectivity index (χ1n) is 8.44. The lowest BCUT2D eigenvalue weighted by atomic mass is 10.1. The van der Waals surface area contributed by atoms with Crippen LogP contribution >= 0.6 is 34.5 Å². The molecule has 0 bridgehead atoms. The third kappa shape index (κ3) is 4.57. The van der Waals surface area contributed by atoms with Gasteiger partial charge in [-0.2, -0.15) is 5.26 Å². The van der Waals surface area contributed by atoms with Crippen molar-refractivity contribution in [2.45, 2.75) is 32.2 Å². The van der Waals surface area contributed by atoms with E-state index in [1.165, 1.54) is 4.88 Å². The number of carbonyl (C=O) groups is 1. The first-order valence-corrected chi connectivity index (χ1v) is 10.0. The fourth-order valence-corrected chi connectivity index (χ4v) is 5.01. The molecule has 0 aliphatic heterocycles. The van der Waals surface area contributed by atoms with Crippen molar-refractivity contribution in [3.8, 4) is 6.07 Å². The van der Waals surface area contributed by atoms with Crippen molar-refractivity contribution in [2.24, 2.45) is 0 Å². The van der Waals surface area contributed by atoms with E-state index in [-0.39, 0.29) is 5.91 Å². The SMILES string of the molecule is CN(CCC(=O)Nc1sc2c(c1C#N)CCC2)Cc1cc(Cl)cc(Cl)c1. The van der Waals surface area contributed by atoms with Crippen molar-refractivity contribution >= 4 is 45.4 Å². The average Bonchev–Trinajstić information content (AvgIpc) is 3.12. The largest absolute Gasteiger partial charge is 0.317 e. The van der Waals surface area contributed by atoms with E-state index >= 15 is 0 Å². The molecule has 1 aliphatic rings. The van der Waals surface area contributed by atoms with E-state index in [1.807, 2.05) is 24.1 Å². The number of halogens is 2. The zero-order valence-corrected chi connectivity index (χ0v) is 16.8. The number of hydrogen-bond donors (Lipinski definition) is 1. The Labute approximate surface area is 167 Å². The number of carbonyl (C=O) groups excluding carboxylic acids is 1. The maximum Gasteiger partial charge on any atom is 0.226 e. The van der Waals surface area contributed by atoms with Gasteiger partial charge in [-0.15, -0.1) is 11.3 Å². The number of nitrogens with one attached hydrogen (secondary N) is 1. The van der Waals surface area contributed by atoms with E-state index in [4.69, 9.17) is 23.2 Å². The predicted octanol–water partition coefficient (Wildman–Crippen LogP) is 4.88. The summed E-state index contributed by atoms with van der Waals surface area (Å²) in [5.41, 5.74) is 2.78. The van der Waals surface area contributed by atoms with Crippen molar-refractivity contribution in [1.82, 2.24) is 4.90 Å². The number of anilines is 1. The number of nitriles is 1. The van der Waals surface area contributed by atoms with Crippen LogP contribution in [0.3, 0.4) is 0 Å². The Morgan fingerprint density at radius 1 is 1.31 bits per heavy atom. The van der Waals surface area contributed by atoms with Gasteiger partial charge in [-0.1, -0.05) is 23.2 Å². The molecular weight excluding hydrogens is 389 g/mol. The van der Waals surface area contributed by atoms with Gasteiger partial charge in [-0.25, -0.2) is 0 Å². The minimum absolute atomic E-state index is 0.0719. The normalized spacial score (nSPS) is 12.9. The summed E-state index contributed by atoms with van der Waals surface area (Å²) in [5.74, 6) is -0.0719. The van der Waals surface area contributed by atoms with Crippen molar-refractivity contribution in [2.75, 3.05) is 18.9 Å². The Hall–Kier alpha value is -1.58. The first-order chi connectivity index (χ1) is 12.5. The third-order valence-corrected chi connectivity index (χ3v) is 6.03. The molecule has 7 heteroatoms. The van der Waals surface area contributed by atoms with Gasteiger partial charge in [0, 0.05) is 34.4 Å². The van der Waals surface area contributed by atoms with Crippen LogP contribution < -0.4 is 5.32 Å². The second-order valence-electron chi connectivity index (χ2n) is 6.49. The summed E-state index contributed by atoms with van der Waals surface area (Å²) in [7, 11) is 1.95. The smallest absolute Gasteiger partial charge is 0.226 e. The van der Waals surface area contributed by atoms with Crippen LogP contribution in [0.5, 0.6) is 0 Å². The standard InChI is InChI=1S/C19H19Cl2N3OS/c1-24(11-12-7-13(20)9-14(21)8-12)6-5-18(25)23-19-16(10-22)15-3-2-4-17(15)26-19/h7-9H,2-6,11H2,1H3,(H,23,25). The van der Waals surface area contributed by atoms with E-state index in [9.17, 15) is 10.1 Å². The molecule has 0 saturated heterocycles. The van der Waals surface area contributed by atoms with Crippen LogP contribution in [0.15, 0.2) is 18.2 Å². The molecule has 1 heterocycles. The molecule has 0 radical (unpaired) electrons. The molecule has 1 N–H and O–H groups in total. The molecule has 0 saturated carbocycles. The van der Waals surface area contributed by atoms with Crippen LogP contribution in [-0.2, 0) is 24.2 Å². The highest BCUT2D eigenvalue weighted by Gasteiger charge is 2.23. The lowest BCUT2D eigenvalue weighted by molar-refractivity contribution is -0.116. The minimum atomic E-state index is -0.0719. The van der Waals surface area contributed by atoms with Crippen molar-refractivity contribution in [3.63, 3.8) is 0 Å². The Balaban J connectivity index is 1.53. The molecule has 2 aromatic rings. The quantitative estimate of drug-likeness (QED) is 0.742. The van der Waals surface area contributed by atoms with Crippen molar-refractivity contribution in [3.05, 3.63) is 49.8 Å². The average molecular weight is 408 g/mol. The van der Waals surface area contributed by atoms with Crippen LogP contribution in [0.25, 0.3) is 0 Å². The number of benzene rings is 1. The summed E-state index contributed by atoms with van der Waals surface area (Å²) in [6.07, 6.45) is 3.41. The Morgan fingerprint density at radius 2 is 2.04 bits per heavy atom. The molecule has 0 atom stereocenters. The second-order valence-corrected chi connectivity index (χ2v) is 8.46. The van der Waals surface area contributed by atoms with Gasteiger partial charge in [-0.3, -0.25) is 4.79 Å². The molecule has 0 spiro atoms. The lowest BCUT2D eigenvalue weighted by Crippen LogP contribution is -2.24. The Kier molecular flexibility index (Phi) is 6.20. The number of rotatable bonds is 6. The van der Waals surface area contributed by atoms with Crippen LogP contribution in [0.4, 0.5) is 5.00 Å². The summed E-state index contributed by atoms with van der Waals surface area (Å²) < 4.78 is 0. The van der Waals surface area contributed by atoms with Gasteiger partial charge in [0.1, 0.15) is 11.1 Å². The van der Waals surface area contributed by atoms with Gasteiger partial charge in [0.05, 0.1) is 5.56 Å². The summed E-state index contributed by atoms with van der Waals surface area (Å²) in [5, 5.41) is 14.2. The highest BCUT2D eigenvalue weighted by Crippen LogP contribution is 2.38. The van der Waals surface area contributed by atoms with E-state index < -0.39 is 0 Å². The number of thiophene rings is 1. The molecule has 1 aromatic heterocycles. The molecule has 1 amide bonds. The number of nitrogens with zero attached hydrogens (tertiary/aromatic N) is 2. The van der Waals surface area contributed by atoms with Crippen molar-refractivity contribution < 1.29 is 4.79 Å². The first kappa shape index (κ1) is 19.2. The molecule has 136 valence electrons. The van der Waals surface area contributed by atoms with Gasteiger partial charge < -0.3 is 10.2 Å². The van der Waals surface area contributed by atoms with Crippen molar-refractivity contribution in [1.29, 1.82) is 5.26 Å². The highest BCUT2D eigenvalue weighted by molar-refractivity contribution is 7.16. The van der Waals surface area contributed by atoms with Gasteiger partial charge in [0.25, 0.3) is 0 Å². The molecule has 1 aliphatic carbocycles. The molecule has 1 aromatic carbocycles. The van der Waals surface area contributed by atoms with Crippen LogP contribution in [0, 0.1) is 11.3 Å². The fraction of sp³-hybridized carbons (Fsp3) is 0.368. The third-order valence-electron chi connectivity index (χ3n) is 4.38. The highest BCUT2D eigenvalue weighted by atomic mass is 35.5. The molecule has 26 heavy (non-hydrogen) atoms. The minimum Gasteiger partial charge on any atom is -0.317 e. The summed E-state index contributed by atoms with van der Waals surface area (Å²) >= 11 is 13.6. The van der Waals surface area contributed by atoms with E-state index in [2.05, 4.69) is 11.4 Å². The topological polar surface area (TPSA) is 56.1 Å². The second kappa shape index (κ2) is 8.41. The summed E-state index contributed by atoms with van der Waals surface area (Å²) in [4.78, 5) is 15.6. The van der Waals surface area contributed by atoms with E-state index in [1.54, 1.807) is 17.4 Å². The molecule has 0 fully saturated rings. The Bertz CT molecular complexity index is 852. The predicted molar refractivity (Wildman–Crippen MR) is 107 cm³/mol. The number of aryl methyl sites for hydroxylation is 1. The van der Waals surface area contributed by atoms with Gasteiger partial charge >= 0.3 is 0 Å². The Morgan fingerprint density at radius 3 is 2.73 bits per heavy atom. The van der Waals surface area contributed by atoms with E-state index in [0.717, 1.165) is 30.4 Å². The lowest BCUT2D eigenvalue weighted by Gasteiger charge is -2.16. The molecule has 0 unspecified atom stereocenters. The number of hydrogen-bond acceptors (Lipinski definition) is 4. The van der Waals surface area contributed by atoms with Gasteiger partial charge in [0.15, 0.2) is 0 Å². The van der Waals surface area contributed by atoms with Crippen LogP contribution in [0.1, 0.15) is 34.4 Å². The maximum absolute atomic E-state index is 12.3. The van der Waals surface area contributed by atoms with E-state index in [0.29, 0.717) is 40.1 Å². The van der Waals surface area contributed by atoms with Gasteiger partial charge in [-0.05, 0) is 55.6 Å². The van der Waals surface area contributed by atoms with Crippen LogP contribution in [0.2, 0.25) is 10.0 Å². The zero-order valence-electron chi connectivity index (χ0n) is 14.4. The molecular formula is C19H19Cl2N3OS. The number of amides is 1. The molecule has 4 nitrogen and oxygen atoms in total.